The maximum atomic E-state index is 13.8. The second-order valence-electron chi connectivity index (χ2n) is 4.88. The van der Waals surface area contributed by atoms with Crippen LogP contribution in [0.4, 0.5) is 4.39 Å². The van der Waals surface area contributed by atoms with Crippen molar-refractivity contribution < 1.29 is 22.3 Å². The van der Waals surface area contributed by atoms with Gasteiger partial charge in [0.05, 0.1) is 4.90 Å². The summed E-state index contributed by atoms with van der Waals surface area (Å²) in [4.78, 5) is 11.7. The van der Waals surface area contributed by atoms with Gasteiger partial charge in [0.1, 0.15) is 5.82 Å². The quantitative estimate of drug-likeness (QED) is 0.857. The summed E-state index contributed by atoms with van der Waals surface area (Å²) < 4.78 is 41.8. The molecule has 0 unspecified atom stereocenters. The van der Waals surface area contributed by atoms with Crippen LogP contribution in [0.5, 0.6) is 0 Å². The molecule has 2 rings (SSSR count). The first-order chi connectivity index (χ1) is 9.79. The van der Waals surface area contributed by atoms with Gasteiger partial charge in [0.25, 0.3) is 15.0 Å². The van der Waals surface area contributed by atoms with Gasteiger partial charge in [-0.2, -0.15) is 0 Å². The highest BCUT2D eigenvalue weighted by atomic mass is 35.7. The minimum atomic E-state index is -4.11. The summed E-state index contributed by atoms with van der Waals surface area (Å²) in [5.41, 5.74) is -0.170. The largest absolute Gasteiger partial charge is 0.381 e. The Kier molecular flexibility index (Phi) is 4.85. The van der Waals surface area contributed by atoms with Crippen molar-refractivity contribution in [2.75, 3.05) is 13.2 Å². The molecule has 1 saturated heterocycles. The van der Waals surface area contributed by atoms with Gasteiger partial charge >= 0.3 is 0 Å². The molecule has 1 N–H and O–H groups in total. The van der Waals surface area contributed by atoms with Crippen molar-refractivity contribution >= 4 is 25.6 Å². The standard InChI is InChI=1S/C13H15ClFNO4S/c1-8-11(15)6-9(7-12(8)21(14,18)19)13(17)16-10-2-4-20-5-3-10/h6-7,10H,2-5H2,1H3,(H,16,17). The van der Waals surface area contributed by atoms with Gasteiger partial charge < -0.3 is 10.1 Å². The van der Waals surface area contributed by atoms with E-state index in [1.54, 1.807) is 0 Å². The van der Waals surface area contributed by atoms with E-state index >= 15 is 0 Å². The average molecular weight is 336 g/mol. The highest BCUT2D eigenvalue weighted by molar-refractivity contribution is 8.13. The van der Waals surface area contributed by atoms with Crippen LogP contribution in [0.2, 0.25) is 0 Å². The molecule has 1 fully saturated rings. The SMILES string of the molecule is Cc1c(F)cc(C(=O)NC2CCOCC2)cc1S(=O)(=O)Cl. The lowest BCUT2D eigenvalue weighted by Crippen LogP contribution is -2.39. The lowest BCUT2D eigenvalue weighted by Gasteiger charge is -2.23. The van der Waals surface area contributed by atoms with Gasteiger partial charge in [0.2, 0.25) is 0 Å². The van der Waals surface area contributed by atoms with Crippen LogP contribution in [0.3, 0.4) is 0 Å². The molecule has 116 valence electrons. The minimum Gasteiger partial charge on any atom is -0.381 e. The first-order valence-electron chi connectivity index (χ1n) is 6.42. The number of amides is 1. The van der Waals surface area contributed by atoms with Crippen LogP contribution in [-0.2, 0) is 13.8 Å². The van der Waals surface area contributed by atoms with E-state index in [9.17, 15) is 17.6 Å². The Balaban J connectivity index is 2.27. The van der Waals surface area contributed by atoms with Crippen LogP contribution in [0, 0.1) is 12.7 Å². The lowest BCUT2D eigenvalue weighted by atomic mass is 10.1. The Labute approximate surface area is 126 Å². The topological polar surface area (TPSA) is 72.5 Å². The fourth-order valence-electron chi connectivity index (χ4n) is 2.15. The number of nitrogens with one attached hydrogen (secondary N) is 1. The van der Waals surface area contributed by atoms with E-state index in [1.165, 1.54) is 6.92 Å². The third-order valence-corrected chi connectivity index (χ3v) is 4.83. The van der Waals surface area contributed by atoms with Crippen LogP contribution in [0.15, 0.2) is 17.0 Å². The molecule has 0 spiro atoms. The summed E-state index contributed by atoms with van der Waals surface area (Å²) in [5.74, 6) is -1.31. The highest BCUT2D eigenvalue weighted by Gasteiger charge is 2.22. The number of rotatable bonds is 3. The van der Waals surface area contributed by atoms with Gasteiger partial charge in [0.15, 0.2) is 0 Å². The number of hydrogen-bond donors (Lipinski definition) is 1. The normalized spacial score (nSPS) is 16.7. The number of carbonyl (C=O) groups is 1. The summed E-state index contributed by atoms with van der Waals surface area (Å²) in [7, 11) is 1.15. The molecule has 1 amide bonds. The van der Waals surface area contributed by atoms with Crippen LogP contribution in [0.1, 0.15) is 28.8 Å². The third kappa shape index (κ3) is 3.93. The number of benzene rings is 1. The van der Waals surface area contributed by atoms with E-state index < -0.39 is 20.8 Å². The molecule has 21 heavy (non-hydrogen) atoms. The number of halogens is 2. The molecule has 0 atom stereocenters. The Hall–Kier alpha value is -1.18. The van der Waals surface area contributed by atoms with Crippen molar-refractivity contribution in [1.82, 2.24) is 5.32 Å². The number of ether oxygens (including phenoxy) is 1. The average Bonchev–Trinajstić information content (AvgIpc) is 2.41. The molecule has 1 aromatic carbocycles. The molecule has 0 bridgehead atoms. The van der Waals surface area contributed by atoms with Crippen molar-refractivity contribution in [3.8, 4) is 0 Å². The van der Waals surface area contributed by atoms with E-state index in [1.807, 2.05) is 0 Å². The second-order valence-corrected chi connectivity index (χ2v) is 7.41. The van der Waals surface area contributed by atoms with Gasteiger partial charge in [-0.15, -0.1) is 0 Å². The molecule has 0 radical (unpaired) electrons. The van der Waals surface area contributed by atoms with Crippen LogP contribution < -0.4 is 5.32 Å². The fourth-order valence-corrected chi connectivity index (χ4v) is 3.36. The zero-order valence-corrected chi connectivity index (χ0v) is 12.9. The molecule has 1 aromatic rings. The Bertz CT molecular complexity index is 656. The summed E-state index contributed by atoms with van der Waals surface area (Å²) in [6, 6.07) is 2.04. The smallest absolute Gasteiger partial charge is 0.261 e. The van der Waals surface area contributed by atoms with Crippen LogP contribution >= 0.6 is 10.7 Å². The number of carbonyl (C=O) groups excluding carboxylic acids is 1. The molecule has 0 aromatic heterocycles. The zero-order valence-electron chi connectivity index (χ0n) is 11.4. The van der Waals surface area contributed by atoms with Crippen molar-refractivity contribution in [2.24, 2.45) is 0 Å². The van der Waals surface area contributed by atoms with E-state index in [-0.39, 0.29) is 22.1 Å². The fraction of sp³-hybridized carbons (Fsp3) is 0.462. The molecule has 1 aliphatic heterocycles. The van der Waals surface area contributed by atoms with Crippen LogP contribution in [0.25, 0.3) is 0 Å². The predicted octanol–water partition coefficient (Wildman–Crippen LogP) is 1.97. The van der Waals surface area contributed by atoms with Gasteiger partial charge in [-0.1, -0.05) is 0 Å². The maximum Gasteiger partial charge on any atom is 0.261 e. The molecule has 5 nitrogen and oxygen atoms in total. The molecule has 0 aliphatic carbocycles. The monoisotopic (exact) mass is 335 g/mol. The van der Waals surface area contributed by atoms with Gasteiger partial charge in [-0.3, -0.25) is 4.79 Å². The van der Waals surface area contributed by atoms with Crippen molar-refractivity contribution in [3.63, 3.8) is 0 Å². The number of hydrogen-bond acceptors (Lipinski definition) is 4. The van der Waals surface area contributed by atoms with Gasteiger partial charge in [-0.05, 0) is 31.9 Å². The van der Waals surface area contributed by atoms with E-state index in [4.69, 9.17) is 15.4 Å². The van der Waals surface area contributed by atoms with Crippen molar-refractivity contribution in [1.29, 1.82) is 0 Å². The second kappa shape index (κ2) is 6.29. The van der Waals surface area contributed by atoms with Gasteiger partial charge in [-0.25, -0.2) is 12.8 Å². The van der Waals surface area contributed by atoms with E-state index in [2.05, 4.69) is 5.32 Å². The first kappa shape index (κ1) is 16.2. The predicted molar refractivity (Wildman–Crippen MR) is 75.5 cm³/mol. The maximum absolute atomic E-state index is 13.8. The molecular weight excluding hydrogens is 321 g/mol. The molecule has 0 saturated carbocycles. The lowest BCUT2D eigenvalue weighted by molar-refractivity contribution is 0.0696. The molecule has 8 heteroatoms. The summed E-state index contributed by atoms with van der Waals surface area (Å²) in [5, 5.41) is 2.74. The van der Waals surface area contributed by atoms with Crippen molar-refractivity contribution in [2.45, 2.75) is 30.7 Å². The molecular formula is C13H15ClFNO4S. The van der Waals surface area contributed by atoms with E-state index in [0.29, 0.717) is 26.1 Å². The Morgan fingerprint density at radius 1 is 1.38 bits per heavy atom. The zero-order chi connectivity index (χ0) is 15.6. The van der Waals surface area contributed by atoms with E-state index in [0.717, 1.165) is 12.1 Å². The summed E-state index contributed by atoms with van der Waals surface area (Å²) in [6.45, 7) is 2.40. The first-order valence-corrected chi connectivity index (χ1v) is 8.73. The Morgan fingerprint density at radius 3 is 2.57 bits per heavy atom. The van der Waals surface area contributed by atoms with Crippen molar-refractivity contribution in [3.05, 3.63) is 29.1 Å². The highest BCUT2D eigenvalue weighted by Crippen LogP contribution is 2.24. The molecule has 1 heterocycles. The summed E-state index contributed by atoms with van der Waals surface area (Å²) >= 11 is 0. The summed E-state index contributed by atoms with van der Waals surface area (Å²) in [6.07, 6.45) is 1.33. The minimum absolute atomic E-state index is 0.0633. The Morgan fingerprint density at radius 2 is 2.00 bits per heavy atom. The third-order valence-electron chi connectivity index (χ3n) is 3.38. The van der Waals surface area contributed by atoms with Crippen LogP contribution in [-0.4, -0.2) is 33.6 Å². The molecule has 1 aliphatic rings. The van der Waals surface area contributed by atoms with Gasteiger partial charge in [0, 0.05) is 41.1 Å².